The van der Waals surface area contributed by atoms with E-state index in [9.17, 15) is 13.2 Å². The quantitative estimate of drug-likeness (QED) is 0.720. The monoisotopic (exact) mass is 439 g/mol. The van der Waals surface area contributed by atoms with Gasteiger partial charge in [-0.2, -0.15) is 0 Å². The predicted octanol–water partition coefficient (Wildman–Crippen LogP) is 3.22. The summed E-state index contributed by atoms with van der Waals surface area (Å²) in [7, 11) is -0.273. The van der Waals surface area contributed by atoms with Gasteiger partial charge < -0.3 is 20.1 Å². The summed E-state index contributed by atoms with van der Waals surface area (Å²) in [4.78, 5) is 12.3. The number of amides is 2. The van der Waals surface area contributed by atoms with Gasteiger partial charge in [-0.15, -0.1) is 0 Å². The predicted molar refractivity (Wildman–Crippen MR) is 113 cm³/mol. The molecule has 0 aromatic heterocycles. The van der Waals surface area contributed by atoms with E-state index in [1.165, 1.54) is 4.31 Å². The van der Waals surface area contributed by atoms with Gasteiger partial charge in [-0.1, -0.05) is 17.7 Å². The van der Waals surface area contributed by atoms with Crippen LogP contribution in [0.15, 0.2) is 36.4 Å². The van der Waals surface area contributed by atoms with Crippen molar-refractivity contribution in [2.45, 2.75) is 13.0 Å². The second-order valence-electron chi connectivity index (χ2n) is 6.40. The van der Waals surface area contributed by atoms with Gasteiger partial charge in [0.15, 0.2) is 11.5 Å². The summed E-state index contributed by atoms with van der Waals surface area (Å²) < 4.78 is 36.0. The van der Waals surface area contributed by atoms with Crippen LogP contribution in [0.2, 0.25) is 5.02 Å². The first-order valence-corrected chi connectivity index (χ1v) is 10.9. The minimum Gasteiger partial charge on any atom is -0.493 e. The molecule has 1 saturated heterocycles. The number of hydrogen-bond acceptors (Lipinski definition) is 5. The summed E-state index contributed by atoms with van der Waals surface area (Å²) in [6.45, 7) is 0.643. The number of urea groups is 1. The Kier molecular flexibility index (Phi) is 6.39. The van der Waals surface area contributed by atoms with Crippen molar-refractivity contribution < 1.29 is 22.7 Å². The smallest absolute Gasteiger partial charge is 0.319 e. The average Bonchev–Trinajstić information content (AvgIpc) is 3.06. The number of methoxy groups -OCH3 is 2. The van der Waals surface area contributed by atoms with Gasteiger partial charge in [0.1, 0.15) is 0 Å². The highest BCUT2D eigenvalue weighted by Crippen LogP contribution is 2.33. The molecule has 3 rings (SSSR count). The van der Waals surface area contributed by atoms with Gasteiger partial charge >= 0.3 is 6.03 Å². The maximum atomic E-state index is 12.3. The highest BCUT2D eigenvalue weighted by molar-refractivity contribution is 7.93. The number of rotatable bonds is 6. The van der Waals surface area contributed by atoms with Gasteiger partial charge in [0, 0.05) is 18.8 Å². The Labute approximate surface area is 174 Å². The lowest BCUT2D eigenvalue weighted by atomic mass is 10.2. The van der Waals surface area contributed by atoms with Crippen LogP contribution in [0.3, 0.4) is 0 Å². The first-order valence-electron chi connectivity index (χ1n) is 8.90. The number of benzene rings is 2. The Morgan fingerprint density at radius 1 is 1.14 bits per heavy atom. The van der Waals surface area contributed by atoms with E-state index >= 15 is 0 Å². The highest BCUT2D eigenvalue weighted by atomic mass is 35.5. The summed E-state index contributed by atoms with van der Waals surface area (Å²) in [5, 5.41) is 5.75. The maximum absolute atomic E-state index is 12.3. The van der Waals surface area contributed by atoms with E-state index in [0.717, 1.165) is 5.56 Å². The SMILES string of the molecule is COc1ccc(CNC(=O)Nc2ccc(Cl)c(N3CCCS3(=O)=O)c2)cc1OC. The number of carbonyl (C=O) groups excluding carboxylic acids is 1. The summed E-state index contributed by atoms with van der Waals surface area (Å²) in [6, 6.07) is 9.66. The lowest BCUT2D eigenvalue weighted by Crippen LogP contribution is -2.29. The van der Waals surface area contributed by atoms with Crippen molar-refractivity contribution in [2.24, 2.45) is 0 Å². The van der Waals surface area contributed by atoms with E-state index < -0.39 is 16.1 Å². The van der Waals surface area contributed by atoms with Crippen LogP contribution in [0.25, 0.3) is 0 Å². The van der Waals surface area contributed by atoms with Gasteiger partial charge in [0.2, 0.25) is 10.0 Å². The Hall–Kier alpha value is -2.65. The van der Waals surface area contributed by atoms with Crippen LogP contribution in [-0.2, 0) is 16.6 Å². The molecule has 1 aliphatic rings. The third-order valence-corrected chi connectivity index (χ3v) is 6.65. The van der Waals surface area contributed by atoms with Gasteiger partial charge in [-0.25, -0.2) is 13.2 Å². The van der Waals surface area contributed by atoms with Crippen LogP contribution in [0.5, 0.6) is 11.5 Å². The van der Waals surface area contributed by atoms with Crippen molar-refractivity contribution >= 4 is 39.0 Å². The maximum Gasteiger partial charge on any atom is 0.319 e. The summed E-state index contributed by atoms with van der Waals surface area (Å²) in [5.41, 5.74) is 1.64. The fourth-order valence-corrected chi connectivity index (χ4v) is 4.88. The number of halogens is 1. The molecule has 0 atom stereocenters. The molecule has 1 fully saturated rings. The number of ether oxygens (including phenoxy) is 2. The molecule has 156 valence electrons. The molecule has 8 nitrogen and oxygen atoms in total. The number of sulfonamides is 1. The number of nitrogens with one attached hydrogen (secondary N) is 2. The van der Waals surface area contributed by atoms with Crippen LogP contribution in [0, 0.1) is 0 Å². The molecule has 1 aliphatic heterocycles. The van der Waals surface area contributed by atoms with E-state index in [1.54, 1.807) is 44.6 Å². The van der Waals surface area contributed by atoms with E-state index in [0.29, 0.717) is 40.9 Å². The molecule has 0 saturated carbocycles. The van der Waals surface area contributed by atoms with Crippen LogP contribution in [0.4, 0.5) is 16.2 Å². The molecule has 2 aromatic rings. The number of nitrogens with zero attached hydrogens (tertiary/aromatic N) is 1. The zero-order valence-electron chi connectivity index (χ0n) is 16.1. The normalized spacial score (nSPS) is 15.1. The van der Waals surface area contributed by atoms with Crippen LogP contribution >= 0.6 is 11.6 Å². The Morgan fingerprint density at radius 3 is 2.55 bits per heavy atom. The molecule has 2 N–H and O–H groups in total. The van der Waals surface area contributed by atoms with Crippen LogP contribution in [-0.4, -0.2) is 41.0 Å². The van der Waals surface area contributed by atoms with Crippen molar-refractivity contribution in [1.29, 1.82) is 0 Å². The molecule has 0 radical (unpaired) electrons. The molecule has 29 heavy (non-hydrogen) atoms. The summed E-state index contributed by atoms with van der Waals surface area (Å²) in [5.74, 6) is 1.26. The zero-order chi connectivity index (χ0) is 21.0. The molecule has 0 spiro atoms. The molecule has 1 heterocycles. The molecule has 0 unspecified atom stereocenters. The van der Waals surface area contributed by atoms with E-state index in [1.807, 2.05) is 6.07 Å². The Bertz CT molecular complexity index is 1010. The fraction of sp³-hybridized carbons (Fsp3) is 0.316. The first-order chi connectivity index (χ1) is 13.8. The topological polar surface area (TPSA) is 97.0 Å². The van der Waals surface area contributed by atoms with Crippen LogP contribution < -0.4 is 24.4 Å². The Morgan fingerprint density at radius 2 is 1.90 bits per heavy atom. The van der Waals surface area contributed by atoms with Gasteiger partial charge in [0.25, 0.3) is 0 Å². The standard InChI is InChI=1S/C19H22ClN3O5S/c1-27-17-7-4-13(10-18(17)28-2)12-21-19(24)22-14-5-6-15(20)16(11-14)23-8-3-9-29(23,25)26/h4-7,10-11H,3,8-9,12H2,1-2H3,(H2,21,22,24). The second kappa shape index (κ2) is 8.79. The lowest BCUT2D eigenvalue weighted by molar-refractivity contribution is 0.251. The largest absolute Gasteiger partial charge is 0.493 e. The van der Waals surface area contributed by atoms with Gasteiger partial charge in [0.05, 0.1) is 30.7 Å². The summed E-state index contributed by atoms with van der Waals surface area (Å²) in [6.07, 6.45) is 0.544. The molecular weight excluding hydrogens is 418 g/mol. The molecule has 2 aromatic carbocycles. The number of hydrogen-bond donors (Lipinski definition) is 2. The first kappa shape index (κ1) is 21.1. The third kappa shape index (κ3) is 4.86. The van der Waals surface area contributed by atoms with E-state index in [4.69, 9.17) is 21.1 Å². The molecule has 0 aliphatic carbocycles. The van der Waals surface area contributed by atoms with Gasteiger partial charge in [-0.05, 0) is 42.3 Å². The molecule has 2 amide bonds. The Balaban J connectivity index is 1.66. The molecule has 10 heteroatoms. The second-order valence-corrected chi connectivity index (χ2v) is 8.82. The average molecular weight is 440 g/mol. The van der Waals surface area contributed by atoms with Crippen LogP contribution in [0.1, 0.15) is 12.0 Å². The van der Waals surface area contributed by atoms with Gasteiger partial charge in [-0.3, -0.25) is 4.31 Å². The zero-order valence-corrected chi connectivity index (χ0v) is 17.6. The highest BCUT2D eigenvalue weighted by Gasteiger charge is 2.30. The minimum atomic E-state index is -3.37. The minimum absolute atomic E-state index is 0.0901. The number of anilines is 2. The van der Waals surface area contributed by atoms with E-state index in [-0.39, 0.29) is 12.3 Å². The van der Waals surface area contributed by atoms with Crippen molar-refractivity contribution in [3.05, 3.63) is 47.0 Å². The van der Waals surface area contributed by atoms with Crippen molar-refractivity contribution in [1.82, 2.24) is 5.32 Å². The van der Waals surface area contributed by atoms with E-state index in [2.05, 4.69) is 10.6 Å². The molecule has 0 bridgehead atoms. The van der Waals surface area contributed by atoms with Crippen molar-refractivity contribution in [3.8, 4) is 11.5 Å². The summed E-state index contributed by atoms with van der Waals surface area (Å²) >= 11 is 6.18. The molecular formula is C19H22ClN3O5S. The lowest BCUT2D eigenvalue weighted by Gasteiger charge is -2.19. The fourth-order valence-electron chi connectivity index (χ4n) is 3.04. The van der Waals surface area contributed by atoms with Crippen molar-refractivity contribution in [2.75, 3.05) is 36.1 Å². The number of carbonyl (C=O) groups is 1. The van der Waals surface area contributed by atoms with Crippen molar-refractivity contribution in [3.63, 3.8) is 0 Å². The third-order valence-electron chi connectivity index (χ3n) is 4.47.